The molecule has 0 unspecified atom stereocenters. The van der Waals surface area contributed by atoms with Gasteiger partial charge in [-0.2, -0.15) is 0 Å². The van der Waals surface area contributed by atoms with Crippen molar-refractivity contribution in [2.24, 2.45) is 0 Å². The van der Waals surface area contributed by atoms with Gasteiger partial charge >= 0.3 is 0 Å². The molecule has 5 aromatic carbocycles. The lowest BCUT2D eigenvalue weighted by atomic mass is 9.85. The molecule has 1 aliphatic rings. The summed E-state index contributed by atoms with van der Waals surface area (Å²) in [6.45, 7) is 0. The van der Waals surface area contributed by atoms with Crippen molar-refractivity contribution in [1.29, 1.82) is 0 Å². The van der Waals surface area contributed by atoms with Crippen LogP contribution in [0.4, 0.5) is 17.1 Å². The summed E-state index contributed by atoms with van der Waals surface area (Å²) >= 11 is 0. The minimum Gasteiger partial charge on any atom is -0.457 e. The molecule has 0 amide bonds. The molecule has 6 nitrogen and oxygen atoms in total. The summed E-state index contributed by atoms with van der Waals surface area (Å²) in [5, 5.41) is 4.19. The first-order valence-electron chi connectivity index (χ1n) is 12.6. The monoisotopic (exact) mass is 506 g/mol. The van der Waals surface area contributed by atoms with Crippen LogP contribution >= 0.6 is 0 Å². The number of benzene rings is 5. The summed E-state index contributed by atoms with van der Waals surface area (Å²) in [5.41, 5.74) is 12.4. The molecule has 6 heteroatoms. The predicted octanol–water partition coefficient (Wildman–Crippen LogP) is 7.63. The van der Waals surface area contributed by atoms with E-state index in [9.17, 15) is 4.79 Å². The van der Waals surface area contributed by atoms with Gasteiger partial charge < -0.3 is 15.8 Å². The first kappa shape index (κ1) is 22.7. The van der Waals surface area contributed by atoms with Crippen LogP contribution in [0.2, 0.25) is 0 Å². The number of hydrogen-bond donors (Lipinski definition) is 2. The molecule has 0 aliphatic heterocycles. The number of rotatable bonds is 5. The fourth-order valence-electron chi connectivity index (χ4n) is 4.93. The molecule has 0 atom stereocenters. The van der Waals surface area contributed by atoms with Crippen LogP contribution in [-0.4, -0.2) is 15.8 Å². The molecule has 1 aliphatic carbocycles. The zero-order chi connectivity index (χ0) is 26.3. The van der Waals surface area contributed by atoms with Gasteiger partial charge in [0.15, 0.2) is 11.6 Å². The van der Waals surface area contributed by atoms with E-state index in [1.807, 2.05) is 103 Å². The van der Waals surface area contributed by atoms with Gasteiger partial charge in [-0.3, -0.25) is 4.79 Å². The van der Waals surface area contributed by atoms with E-state index in [1.54, 1.807) is 12.1 Å². The van der Waals surface area contributed by atoms with E-state index in [-0.39, 0.29) is 5.78 Å². The van der Waals surface area contributed by atoms with Crippen molar-refractivity contribution in [2.75, 3.05) is 11.1 Å². The van der Waals surface area contributed by atoms with Gasteiger partial charge in [-0.15, -0.1) is 0 Å². The molecule has 7 rings (SSSR count). The minimum atomic E-state index is -0.0504. The molecule has 1 aromatic heterocycles. The van der Waals surface area contributed by atoms with E-state index >= 15 is 0 Å². The van der Waals surface area contributed by atoms with Crippen LogP contribution in [0.15, 0.2) is 115 Å². The van der Waals surface area contributed by atoms with Gasteiger partial charge in [0.2, 0.25) is 0 Å². The van der Waals surface area contributed by atoms with Crippen molar-refractivity contribution < 1.29 is 9.53 Å². The summed E-state index contributed by atoms with van der Waals surface area (Å²) in [6.07, 6.45) is 0. The zero-order valence-corrected chi connectivity index (χ0v) is 20.8. The van der Waals surface area contributed by atoms with Crippen molar-refractivity contribution >= 4 is 33.7 Å². The molecule has 0 saturated carbocycles. The standard InChI is InChI=1S/C33H22N4O2/c34-21-10-14-23(15-11-21)39-24-16-12-22(13-17-24)35-28-19-18-27-29-30(28)32(38)26-9-5-4-8-25(26)31(29)37-33(36-27)20-6-2-1-3-7-20/h1-19,35H,34H2. The van der Waals surface area contributed by atoms with E-state index in [2.05, 4.69) is 5.32 Å². The van der Waals surface area contributed by atoms with Crippen LogP contribution in [-0.2, 0) is 0 Å². The average Bonchev–Trinajstić information content (AvgIpc) is 2.98. The molecule has 0 radical (unpaired) electrons. The Morgan fingerprint density at radius 3 is 2.08 bits per heavy atom. The molecular formula is C33H22N4O2. The van der Waals surface area contributed by atoms with E-state index in [0.29, 0.717) is 39.8 Å². The van der Waals surface area contributed by atoms with Crippen molar-refractivity contribution in [3.8, 4) is 34.1 Å². The number of nitrogens with two attached hydrogens (primary N) is 1. The maximum Gasteiger partial charge on any atom is 0.196 e. The van der Waals surface area contributed by atoms with Gasteiger partial charge in [-0.25, -0.2) is 9.97 Å². The Kier molecular flexibility index (Phi) is 5.30. The van der Waals surface area contributed by atoms with Crippen molar-refractivity contribution in [3.05, 3.63) is 126 Å². The van der Waals surface area contributed by atoms with Gasteiger partial charge in [-0.1, -0.05) is 54.6 Å². The molecule has 0 saturated heterocycles. The Labute approximate surface area is 224 Å². The molecule has 186 valence electrons. The van der Waals surface area contributed by atoms with E-state index < -0.39 is 0 Å². The van der Waals surface area contributed by atoms with Gasteiger partial charge in [-0.05, 0) is 60.7 Å². The lowest BCUT2D eigenvalue weighted by molar-refractivity contribution is 0.104. The molecule has 0 fully saturated rings. The third-order valence-corrected chi connectivity index (χ3v) is 6.80. The highest BCUT2D eigenvalue weighted by atomic mass is 16.5. The molecule has 6 aromatic rings. The van der Waals surface area contributed by atoms with Gasteiger partial charge in [0, 0.05) is 33.5 Å². The van der Waals surface area contributed by atoms with Crippen molar-refractivity contribution in [1.82, 2.24) is 9.97 Å². The molecule has 0 spiro atoms. The van der Waals surface area contributed by atoms with Crippen LogP contribution in [0.25, 0.3) is 33.5 Å². The number of fused-ring (bicyclic) bond motifs is 2. The first-order valence-corrected chi connectivity index (χ1v) is 12.6. The number of ether oxygens (including phenoxy) is 1. The Hall–Kier alpha value is -5.49. The second-order valence-corrected chi connectivity index (χ2v) is 9.34. The fourth-order valence-corrected chi connectivity index (χ4v) is 4.93. The molecule has 1 heterocycles. The third kappa shape index (κ3) is 4.04. The van der Waals surface area contributed by atoms with Crippen molar-refractivity contribution in [2.45, 2.75) is 0 Å². The second-order valence-electron chi connectivity index (χ2n) is 9.34. The fraction of sp³-hybridized carbons (Fsp3) is 0. The quantitative estimate of drug-likeness (QED) is 0.233. The minimum absolute atomic E-state index is 0.0504. The number of nitrogens with one attached hydrogen (secondary N) is 1. The van der Waals surface area contributed by atoms with Crippen LogP contribution in [0.3, 0.4) is 0 Å². The van der Waals surface area contributed by atoms with E-state index in [1.165, 1.54) is 0 Å². The number of ketones is 1. The van der Waals surface area contributed by atoms with Crippen LogP contribution < -0.4 is 15.8 Å². The lowest BCUT2D eigenvalue weighted by Gasteiger charge is -2.22. The van der Waals surface area contributed by atoms with Crippen molar-refractivity contribution in [3.63, 3.8) is 0 Å². The van der Waals surface area contributed by atoms with Gasteiger partial charge in [0.1, 0.15) is 11.5 Å². The second kappa shape index (κ2) is 9.11. The molecule has 0 bridgehead atoms. The normalized spacial score (nSPS) is 11.7. The molecular weight excluding hydrogens is 484 g/mol. The highest BCUT2D eigenvalue weighted by molar-refractivity contribution is 6.27. The average molecular weight is 507 g/mol. The number of aromatic nitrogens is 2. The SMILES string of the molecule is Nc1ccc(Oc2ccc(Nc3ccc4nc(-c5ccccc5)nc5c4c3C(=O)c3ccccc3-5)cc2)cc1. The maximum absolute atomic E-state index is 13.8. The first-order chi connectivity index (χ1) is 19.1. The highest BCUT2D eigenvalue weighted by Gasteiger charge is 2.30. The summed E-state index contributed by atoms with van der Waals surface area (Å²) < 4.78 is 5.92. The van der Waals surface area contributed by atoms with E-state index in [0.717, 1.165) is 33.4 Å². The Bertz CT molecular complexity index is 1870. The number of carbonyl (C=O) groups excluding carboxylic acids is 1. The van der Waals surface area contributed by atoms with Crippen LogP contribution in [0.1, 0.15) is 15.9 Å². The molecule has 39 heavy (non-hydrogen) atoms. The molecule has 3 N–H and O–H groups in total. The van der Waals surface area contributed by atoms with Crippen LogP contribution in [0.5, 0.6) is 11.5 Å². The topological polar surface area (TPSA) is 90.1 Å². The summed E-state index contributed by atoms with van der Waals surface area (Å²) in [7, 11) is 0. The summed E-state index contributed by atoms with van der Waals surface area (Å²) in [5.74, 6) is 1.98. The number of anilines is 3. The summed E-state index contributed by atoms with van der Waals surface area (Å²) in [4.78, 5) is 23.6. The number of carbonyl (C=O) groups is 1. The predicted molar refractivity (Wildman–Crippen MR) is 154 cm³/mol. The van der Waals surface area contributed by atoms with E-state index in [4.69, 9.17) is 20.4 Å². The number of nitrogen functional groups attached to an aromatic ring is 1. The Morgan fingerprint density at radius 2 is 1.33 bits per heavy atom. The summed E-state index contributed by atoms with van der Waals surface area (Å²) in [6, 6.07) is 36.2. The Morgan fingerprint density at radius 1 is 0.667 bits per heavy atom. The lowest BCUT2D eigenvalue weighted by Crippen LogP contribution is -2.14. The van der Waals surface area contributed by atoms with Crippen LogP contribution in [0, 0.1) is 0 Å². The van der Waals surface area contributed by atoms with Gasteiger partial charge in [0.05, 0.1) is 22.5 Å². The third-order valence-electron chi connectivity index (χ3n) is 6.80. The smallest absolute Gasteiger partial charge is 0.196 e. The Balaban J connectivity index is 1.30. The highest BCUT2D eigenvalue weighted by Crippen LogP contribution is 2.42. The number of nitrogens with zero attached hydrogens (tertiary/aromatic N) is 2. The zero-order valence-electron chi connectivity index (χ0n) is 20.8. The van der Waals surface area contributed by atoms with Gasteiger partial charge in [0.25, 0.3) is 0 Å². The maximum atomic E-state index is 13.8. The largest absolute Gasteiger partial charge is 0.457 e. The number of hydrogen-bond acceptors (Lipinski definition) is 6.